The fourth-order valence-corrected chi connectivity index (χ4v) is 2.27. The van der Waals surface area contributed by atoms with Crippen LogP contribution in [0.5, 0.6) is 0 Å². The first-order chi connectivity index (χ1) is 7.63. The number of nitrogens with zero attached hydrogens (tertiary/aromatic N) is 1. The molecular weight excluding hydrogens is 200 g/mol. The minimum Gasteiger partial charge on any atom is -0.340 e. The highest BCUT2D eigenvalue weighted by Crippen LogP contribution is 2.23. The van der Waals surface area contributed by atoms with Crippen LogP contribution >= 0.6 is 0 Å². The van der Waals surface area contributed by atoms with E-state index < -0.39 is 0 Å². The van der Waals surface area contributed by atoms with E-state index >= 15 is 0 Å². The van der Waals surface area contributed by atoms with Crippen LogP contribution in [0.1, 0.15) is 52.4 Å². The van der Waals surface area contributed by atoms with Crippen LogP contribution in [0.15, 0.2) is 0 Å². The third-order valence-electron chi connectivity index (χ3n) is 3.16. The summed E-state index contributed by atoms with van der Waals surface area (Å²) < 4.78 is 0. The standard InChI is InChI=1S/C13H22N2O/c1-10(2)8-12(9-14)15-13(16)11-6-4-3-5-7-11/h10-12H,3-8H2,1-2H3,(H,15,16). The van der Waals surface area contributed by atoms with Crippen LogP contribution in [0.4, 0.5) is 0 Å². The first-order valence-corrected chi connectivity index (χ1v) is 6.33. The van der Waals surface area contributed by atoms with Crippen molar-refractivity contribution in [2.45, 2.75) is 58.4 Å². The molecule has 0 radical (unpaired) electrons. The van der Waals surface area contributed by atoms with Gasteiger partial charge in [0.25, 0.3) is 0 Å². The van der Waals surface area contributed by atoms with E-state index in [0.29, 0.717) is 5.92 Å². The average Bonchev–Trinajstić information content (AvgIpc) is 2.28. The van der Waals surface area contributed by atoms with Crippen molar-refractivity contribution in [1.82, 2.24) is 5.32 Å². The summed E-state index contributed by atoms with van der Waals surface area (Å²) in [6.07, 6.45) is 6.28. The normalized spacial score (nSPS) is 19.1. The monoisotopic (exact) mass is 222 g/mol. The molecule has 16 heavy (non-hydrogen) atoms. The largest absolute Gasteiger partial charge is 0.340 e. The Hall–Kier alpha value is -1.04. The van der Waals surface area contributed by atoms with E-state index in [9.17, 15) is 4.79 Å². The molecule has 0 aromatic carbocycles. The van der Waals surface area contributed by atoms with E-state index in [1.54, 1.807) is 0 Å². The van der Waals surface area contributed by atoms with Crippen LogP contribution in [0.25, 0.3) is 0 Å². The summed E-state index contributed by atoms with van der Waals surface area (Å²) in [7, 11) is 0. The lowest BCUT2D eigenvalue weighted by molar-refractivity contribution is -0.126. The molecule has 3 nitrogen and oxygen atoms in total. The number of nitriles is 1. The fourth-order valence-electron chi connectivity index (χ4n) is 2.27. The van der Waals surface area contributed by atoms with E-state index in [0.717, 1.165) is 32.1 Å². The van der Waals surface area contributed by atoms with E-state index in [1.165, 1.54) is 6.42 Å². The third kappa shape index (κ3) is 4.22. The molecular formula is C13H22N2O. The quantitative estimate of drug-likeness (QED) is 0.795. The Morgan fingerprint density at radius 2 is 2.00 bits per heavy atom. The van der Waals surface area contributed by atoms with Gasteiger partial charge in [-0.1, -0.05) is 33.1 Å². The van der Waals surface area contributed by atoms with Gasteiger partial charge in [-0.05, 0) is 25.2 Å². The molecule has 0 saturated heterocycles. The molecule has 3 heteroatoms. The van der Waals surface area contributed by atoms with E-state index in [1.807, 2.05) is 0 Å². The average molecular weight is 222 g/mol. The van der Waals surface area contributed by atoms with Crippen molar-refractivity contribution < 1.29 is 4.79 Å². The minimum absolute atomic E-state index is 0.0897. The number of carbonyl (C=O) groups excluding carboxylic acids is 1. The maximum Gasteiger partial charge on any atom is 0.224 e. The Kier molecular flexibility index (Phi) is 5.31. The number of hydrogen-bond donors (Lipinski definition) is 1. The molecule has 1 atom stereocenters. The molecule has 1 N–H and O–H groups in total. The first-order valence-electron chi connectivity index (χ1n) is 6.33. The molecule has 1 amide bonds. The van der Waals surface area contributed by atoms with Gasteiger partial charge in [0.2, 0.25) is 5.91 Å². The van der Waals surface area contributed by atoms with E-state index in [-0.39, 0.29) is 17.9 Å². The number of rotatable bonds is 4. The molecule has 0 aromatic rings. The van der Waals surface area contributed by atoms with Crippen molar-refractivity contribution in [2.75, 3.05) is 0 Å². The van der Waals surface area contributed by atoms with Gasteiger partial charge in [-0.2, -0.15) is 5.26 Å². The van der Waals surface area contributed by atoms with Gasteiger partial charge in [0.1, 0.15) is 6.04 Å². The maximum atomic E-state index is 11.9. The smallest absolute Gasteiger partial charge is 0.224 e. The van der Waals surface area contributed by atoms with Crippen LogP contribution in [0.3, 0.4) is 0 Å². The molecule has 1 saturated carbocycles. The Bertz CT molecular complexity index is 262. The highest BCUT2D eigenvalue weighted by molar-refractivity contribution is 5.79. The molecule has 1 aliphatic carbocycles. The molecule has 90 valence electrons. The van der Waals surface area contributed by atoms with Gasteiger partial charge >= 0.3 is 0 Å². The second-order valence-corrected chi connectivity index (χ2v) is 5.15. The van der Waals surface area contributed by atoms with Crippen LogP contribution < -0.4 is 5.32 Å². The predicted octanol–water partition coefficient (Wildman–Crippen LogP) is 2.62. The molecule has 1 fully saturated rings. The Balaban J connectivity index is 2.39. The van der Waals surface area contributed by atoms with Gasteiger partial charge in [0.05, 0.1) is 6.07 Å². The molecule has 0 spiro atoms. The van der Waals surface area contributed by atoms with Crippen molar-refractivity contribution in [2.24, 2.45) is 11.8 Å². The summed E-state index contributed by atoms with van der Waals surface area (Å²) in [6.45, 7) is 4.13. The molecule has 1 rings (SSSR count). The third-order valence-corrected chi connectivity index (χ3v) is 3.16. The molecule has 0 aromatic heterocycles. The Labute approximate surface area is 98.2 Å². The number of nitrogens with one attached hydrogen (secondary N) is 1. The molecule has 0 bridgehead atoms. The van der Waals surface area contributed by atoms with Crippen LogP contribution in [-0.4, -0.2) is 11.9 Å². The lowest BCUT2D eigenvalue weighted by atomic mass is 9.88. The zero-order valence-corrected chi connectivity index (χ0v) is 10.3. The highest BCUT2D eigenvalue weighted by atomic mass is 16.1. The van der Waals surface area contributed by atoms with Crippen LogP contribution in [0.2, 0.25) is 0 Å². The second-order valence-electron chi connectivity index (χ2n) is 5.15. The number of carbonyl (C=O) groups is 1. The summed E-state index contributed by atoms with van der Waals surface area (Å²) in [4.78, 5) is 11.9. The number of amides is 1. The zero-order chi connectivity index (χ0) is 12.0. The Morgan fingerprint density at radius 1 is 1.38 bits per heavy atom. The first kappa shape index (κ1) is 13.0. The lowest BCUT2D eigenvalue weighted by Gasteiger charge is -2.22. The second kappa shape index (κ2) is 6.52. The Morgan fingerprint density at radius 3 is 2.50 bits per heavy atom. The molecule has 1 aliphatic rings. The molecule has 1 unspecified atom stereocenters. The summed E-state index contributed by atoms with van der Waals surface area (Å²) >= 11 is 0. The van der Waals surface area contributed by atoms with Gasteiger partial charge < -0.3 is 5.32 Å². The summed E-state index contributed by atoms with van der Waals surface area (Å²) in [5.41, 5.74) is 0. The fraction of sp³-hybridized carbons (Fsp3) is 0.846. The van der Waals surface area contributed by atoms with Crippen molar-refractivity contribution in [3.63, 3.8) is 0 Å². The molecule has 0 heterocycles. The van der Waals surface area contributed by atoms with Crippen molar-refractivity contribution in [1.29, 1.82) is 5.26 Å². The number of hydrogen-bond acceptors (Lipinski definition) is 2. The SMILES string of the molecule is CC(C)CC(C#N)NC(=O)C1CCCCC1. The van der Waals surface area contributed by atoms with Crippen molar-refractivity contribution in [3.8, 4) is 6.07 Å². The van der Waals surface area contributed by atoms with Gasteiger partial charge in [-0.15, -0.1) is 0 Å². The lowest BCUT2D eigenvalue weighted by Crippen LogP contribution is -2.39. The minimum atomic E-state index is -0.311. The van der Waals surface area contributed by atoms with Crippen LogP contribution in [-0.2, 0) is 4.79 Å². The van der Waals surface area contributed by atoms with Gasteiger partial charge in [0, 0.05) is 5.92 Å². The summed E-state index contributed by atoms with van der Waals surface area (Å²) in [5, 5.41) is 11.8. The summed E-state index contributed by atoms with van der Waals surface area (Å²) in [6, 6.07) is 1.86. The van der Waals surface area contributed by atoms with E-state index in [4.69, 9.17) is 5.26 Å². The highest BCUT2D eigenvalue weighted by Gasteiger charge is 2.23. The van der Waals surface area contributed by atoms with Crippen molar-refractivity contribution in [3.05, 3.63) is 0 Å². The van der Waals surface area contributed by atoms with Gasteiger partial charge in [-0.3, -0.25) is 4.79 Å². The predicted molar refractivity (Wildman–Crippen MR) is 63.6 cm³/mol. The molecule has 0 aliphatic heterocycles. The van der Waals surface area contributed by atoms with E-state index in [2.05, 4.69) is 25.2 Å². The topological polar surface area (TPSA) is 52.9 Å². The summed E-state index contributed by atoms with van der Waals surface area (Å²) in [5.74, 6) is 0.681. The van der Waals surface area contributed by atoms with Gasteiger partial charge in [-0.25, -0.2) is 0 Å². The van der Waals surface area contributed by atoms with Crippen molar-refractivity contribution >= 4 is 5.91 Å². The zero-order valence-electron chi connectivity index (χ0n) is 10.3. The van der Waals surface area contributed by atoms with Crippen LogP contribution in [0, 0.1) is 23.2 Å². The maximum absolute atomic E-state index is 11.9. The van der Waals surface area contributed by atoms with Gasteiger partial charge in [0.15, 0.2) is 0 Å².